The normalized spacial score (nSPS) is 23.7. The van der Waals surface area contributed by atoms with Crippen molar-refractivity contribution in [2.75, 3.05) is 105 Å². The maximum atomic E-state index is 11.7. The molecule has 4 rings (SSSR count). The van der Waals surface area contributed by atoms with Gasteiger partial charge < -0.3 is 25.3 Å². The van der Waals surface area contributed by atoms with Crippen LogP contribution >= 0.6 is 30.0 Å². The first-order chi connectivity index (χ1) is 34.0. The quantitative estimate of drug-likeness (QED) is 0.148. The molecule has 1 radical (unpaired) electrons. The van der Waals surface area contributed by atoms with E-state index in [0.717, 1.165) is 105 Å². The number of quaternary nitrogens is 1. The first-order valence-corrected chi connectivity index (χ1v) is 36.2. The summed E-state index contributed by atoms with van der Waals surface area (Å²) in [6.45, 7) is 85.0. The monoisotopic (exact) mass is 1330 g/mol. The topological polar surface area (TPSA) is 129 Å². The molecule has 4 heterocycles. The zero-order valence-electron chi connectivity index (χ0n) is 57.8. The third-order valence-corrected chi connectivity index (χ3v) is 32.6. The summed E-state index contributed by atoms with van der Waals surface area (Å²) in [7, 11) is -9.49. The smallest absolute Gasteiger partial charge is 0.770 e. The fraction of sp³-hybridized carbons (Fsp3) is 1.00. The Labute approximate surface area is 564 Å². The average molecular weight is 1330 g/mol. The first kappa shape index (κ1) is 83.5. The van der Waals surface area contributed by atoms with Crippen LogP contribution in [-0.2, 0) is 0 Å². The zero-order chi connectivity index (χ0) is 60.2. The van der Waals surface area contributed by atoms with Crippen LogP contribution in [-0.4, -0.2) is 200 Å². The van der Waals surface area contributed by atoms with Crippen LogP contribution in [0.4, 0.5) is 0 Å². The Morgan fingerprint density at radius 2 is 0.474 bits per heavy atom. The van der Waals surface area contributed by atoms with Gasteiger partial charge in [-0.1, -0.05) is 55.4 Å². The Balaban J connectivity index is 0. The van der Waals surface area contributed by atoms with E-state index in [1.165, 1.54) is 4.67 Å². The summed E-state index contributed by atoms with van der Waals surface area (Å²) < 4.78 is 26.8. The van der Waals surface area contributed by atoms with Crippen molar-refractivity contribution in [3.8, 4) is 0 Å². The molecule has 0 bridgehead atoms. The van der Waals surface area contributed by atoms with E-state index >= 15 is 0 Å². The van der Waals surface area contributed by atoms with Crippen LogP contribution in [0.5, 0.6) is 0 Å². The molecule has 0 spiro atoms. The Bertz CT molecular complexity index is 1590. The van der Waals surface area contributed by atoms with E-state index in [0.29, 0.717) is 0 Å². The van der Waals surface area contributed by atoms with Gasteiger partial charge in [0.2, 0.25) is 0 Å². The van der Waals surface area contributed by atoms with E-state index in [-0.39, 0.29) is 137 Å². The second-order valence-electron chi connectivity index (χ2n) is 29.2. The predicted molar refractivity (Wildman–Crippen MR) is 344 cm³/mol. The van der Waals surface area contributed by atoms with Gasteiger partial charge in [0, 0.05) is 91.1 Å². The van der Waals surface area contributed by atoms with Crippen molar-refractivity contribution in [2.45, 2.75) is 266 Å². The minimum absolute atomic E-state index is 0. The van der Waals surface area contributed by atoms with Gasteiger partial charge in [0.05, 0.1) is 26.1 Å². The average Bonchev–Trinajstić information content (AvgIpc) is 4.00. The molecule has 1 unspecified atom stereocenters. The molecule has 4 saturated heterocycles. The molecule has 0 aliphatic carbocycles. The van der Waals surface area contributed by atoms with Crippen LogP contribution in [0.2, 0.25) is 0 Å². The van der Waals surface area contributed by atoms with Crippen LogP contribution in [0.1, 0.15) is 222 Å². The molecule has 4 aliphatic rings. The first-order valence-electron chi connectivity index (χ1n) is 29.8. The molecule has 457 valence electrons. The number of hydrogen-bond acceptors (Lipinski definition) is 0. The van der Waals surface area contributed by atoms with Crippen molar-refractivity contribution in [1.82, 2.24) is 51.4 Å². The van der Waals surface area contributed by atoms with Crippen LogP contribution in [0.15, 0.2) is 0 Å². The van der Waals surface area contributed by atoms with Gasteiger partial charge in [0.25, 0.3) is 0 Å². The summed E-state index contributed by atoms with van der Waals surface area (Å²) in [5.74, 6) is 0. The molecular formula is C56H129CeKN16P4+. The molecular weight excluding hydrogens is 1200 g/mol. The van der Waals surface area contributed by atoms with Crippen LogP contribution < -0.4 is 56.1 Å². The fourth-order valence-corrected chi connectivity index (χ4v) is 28.2. The SMILES string of the molecule is CCN(CC)P1(=[N-])N(C(C)(C)C)CCN1C(C)(C)C.CCN(CC)P1(=[N-])N(C(C)(C)C)CCN1C(C)(C)C.CCN(CC)P1(=[N-])N(C(C)(C)C)CCN1C(C)(C)C.CCN(CC)[P@@]1(=[N-])N(C(C)(C)C)CC[NH+]1C(C)(C)C.[Ce+3].[K+]. The molecule has 22 heteroatoms. The van der Waals surface area contributed by atoms with E-state index in [4.69, 9.17) is 0 Å². The van der Waals surface area contributed by atoms with Gasteiger partial charge in [-0.15, -0.1) is 0 Å². The van der Waals surface area contributed by atoms with E-state index in [1.807, 2.05) is 0 Å². The van der Waals surface area contributed by atoms with Crippen LogP contribution in [0.25, 0.3) is 20.6 Å². The molecule has 16 nitrogen and oxygen atoms in total. The third kappa shape index (κ3) is 19.2. The maximum absolute atomic E-state index is 11.7. The molecule has 78 heavy (non-hydrogen) atoms. The molecule has 0 aromatic carbocycles. The van der Waals surface area contributed by atoms with E-state index in [9.17, 15) is 20.6 Å². The Morgan fingerprint density at radius 3 is 0.603 bits per heavy atom. The summed E-state index contributed by atoms with van der Waals surface area (Å²) >= 11 is 0. The van der Waals surface area contributed by atoms with Crippen LogP contribution in [0.3, 0.4) is 0 Å². The van der Waals surface area contributed by atoms with Gasteiger partial charge in [-0.2, -0.15) is 0 Å². The molecule has 0 aromatic rings. The van der Waals surface area contributed by atoms with Crippen molar-refractivity contribution in [2.24, 2.45) is 0 Å². The molecule has 1 N–H and O–H groups in total. The number of rotatable bonds is 12. The molecule has 4 fully saturated rings. The van der Waals surface area contributed by atoms with Crippen molar-refractivity contribution in [3.05, 3.63) is 20.6 Å². The number of hydrogen-bond donors (Lipinski definition) is 1. The Morgan fingerprint density at radius 1 is 0.308 bits per heavy atom. The van der Waals surface area contributed by atoms with Crippen molar-refractivity contribution in [3.63, 3.8) is 0 Å². The summed E-state index contributed by atoms with van der Waals surface area (Å²) in [5, 5.41) is 46.6. The summed E-state index contributed by atoms with van der Waals surface area (Å²) in [6.07, 6.45) is 0. The minimum atomic E-state index is -2.39. The van der Waals surface area contributed by atoms with Gasteiger partial charge in [0.15, 0.2) is 0 Å². The second kappa shape index (κ2) is 31.3. The number of nitrogens with one attached hydrogen (secondary N) is 1. The standard InChI is InChI=1S/4C14H32N4P.Ce.K/c4*1-9-16(10-2)19(15)17(13(3,4)5)11-12-18(19)14(6,7)8;;/h4*9-12H2,1-8H3;;/q4*-1;+3;+1/p+1. The summed E-state index contributed by atoms with van der Waals surface area (Å²) in [6, 6.07) is 0. The van der Waals surface area contributed by atoms with Crippen LogP contribution in [0, 0.1) is 41.7 Å². The predicted octanol–water partition coefficient (Wildman–Crippen LogP) is 11.8. The molecule has 0 amide bonds. The third-order valence-electron chi connectivity index (χ3n) is 15.5. The largest absolute Gasteiger partial charge is 3.00 e. The maximum Gasteiger partial charge on any atom is 3.00 e. The molecule has 0 saturated carbocycles. The van der Waals surface area contributed by atoms with Gasteiger partial charge in [-0.3, -0.25) is 42.0 Å². The van der Waals surface area contributed by atoms with Gasteiger partial charge in [-0.25, -0.2) is 9.34 Å². The molecule has 2 atom stereocenters. The zero-order valence-corrected chi connectivity index (χ0v) is 67.7. The Hall–Kier alpha value is 3.45. The molecule has 0 aromatic heterocycles. The van der Waals surface area contributed by atoms with E-state index in [1.54, 1.807) is 0 Å². The Kier molecular flexibility index (Phi) is 33.5. The fourth-order valence-electron chi connectivity index (χ4n) is 12.1. The molecule has 4 aliphatic heterocycles. The van der Waals surface area contributed by atoms with Gasteiger partial charge in [-0.05, 0) is 228 Å². The van der Waals surface area contributed by atoms with Crippen molar-refractivity contribution >= 4 is 30.0 Å². The number of nitrogens with zero attached hydrogens (tertiary/aromatic N) is 15. The van der Waals surface area contributed by atoms with E-state index in [2.05, 4.69) is 273 Å². The van der Waals surface area contributed by atoms with Gasteiger partial charge in [0.1, 0.15) is 0 Å². The van der Waals surface area contributed by atoms with Crippen molar-refractivity contribution in [1.29, 1.82) is 0 Å². The summed E-state index contributed by atoms with van der Waals surface area (Å²) in [4.78, 5) is 0. The summed E-state index contributed by atoms with van der Waals surface area (Å²) in [5.41, 5.74) is 0.0337. The van der Waals surface area contributed by atoms with Crippen molar-refractivity contribution < 1.29 is 97.8 Å². The van der Waals surface area contributed by atoms with E-state index < -0.39 is 30.0 Å². The van der Waals surface area contributed by atoms with Gasteiger partial charge >= 0.3 is 93.1 Å². The minimum Gasteiger partial charge on any atom is -0.770 e. The second-order valence-corrected chi connectivity index (χ2v) is 39.8.